The molecule has 5 nitrogen and oxygen atoms in total. The summed E-state index contributed by atoms with van der Waals surface area (Å²) in [6.45, 7) is 1.29. The third kappa shape index (κ3) is 2.92. The molecule has 1 heterocycles. The van der Waals surface area contributed by atoms with Gasteiger partial charge in [-0.05, 0) is 25.0 Å². The predicted molar refractivity (Wildman–Crippen MR) is 69.6 cm³/mol. The summed E-state index contributed by atoms with van der Waals surface area (Å²) in [5, 5.41) is 2.86. The third-order valence-corrected chi connectivity index (χ3v) is 3.11. The zero-order valence-corrected chi connectivity index (χ0v) is 10.4. The Morgan fingerprint density at radius 3 is 2.83 bits per heavy atom. The Hall–Kier alpha value is -1.75. The van der Waals surface area contributed by atoms with E-state index < -0.39 is 0 Å². The fraction of sp³-hybridized carbons (Fsp3) is 0.462. The SMILES string of the molecule is COc1ccc(N)c(NC(=O)C2CCOCC2)c1. The van der Waals surface area contributed by atoms with Crippen LogP contribution in [0, 0.1) is 5.92 Å². The summed E-state index contributed by atoms with van der Waals surface area (Å²) >= 11 is 0. The number of hydrogen-bond donors (Lipinski definition) is 2. The van der Waals surface area contributed by atoms with Crippen LogP contribution >= 0.6 is 0 Å². The van der Waals surface area contributed by atoms with Gasteiger partial charge in [-0.3, -0.25) is 4.79 Å². The van der Waals surface area contributed by atoms with Gasteiger partial charge in [0.05, 0.1) is 18.5 Å². The average molecular weight is 250 g/mol. The van der Waals surface area contributed by atoms with Crippen LogP contribution in [0.5, 0.6) is 5.75 Å². The summed E-state index contributed by atoms with van der Waals surface area (Å²) in [4.78, 5) is 12.1. The molecular formula is C13H18N2O3. The Bertz CT molecular complexity index is 428. The first-order chi connectivity index (χ1) is 8.70. The van der Waals surface area contributed by atoms with Crippen LogP contribution in [-0.4, -0.2) is 26.2 Å². The van der Waals surface area contributed by atoms with E-state index in [9.17, 15) is 4.79 Å². The molecule has 0 atom stereocenters. The van der Waals surface area contributed by atoms with Crippen molar-refractivity contribution >= 4 is 17.3 Å². The van der Waals surface area contributed by atoms with E-state index in [4.69, 9.17) is 15.2 Å². The molecule has 1 amide bonds. The van der Waals surface area contributed by atoms with Gasteiger partial charge in [0.2, 0.25) is 5.91 Å². The van der Waals surface area contributed by atoms with Gasteiger partial charge >= 0.3 is 0 Å². The second-order valence-corrected chi connectivity index (χ2v) is 4.33. The maximum Gasteiger partial charge on any atom is 0.227 e. The first kappa shape index (κ1) is 12.7. The third-order valence-electron chi connectivity index (χ3n) is 3.11. The Kier molecular flexibility index (Phi) is 4.04. The summed E-state index contributed by atoms with van der Waals surface area (Å²) < 4.78 is 10.3. The number of benzene rings is 1. The molecule has 5 heteroatoms. The summed E-state index contributed by atoms with van der Waals surface area (Å²) in [6.07, 6.45) is 1.52. The normalized spacial score (nSPS) is 16.3. The molecule has 1 aliphatic heterocycles. The van der Waals surface area contributed by atoms with Crippen LogP contribution < -0.4 is 15.8 Å². The molecule has 0 aromatic heterocycles. The lowest BCUT2D eigenvalue weighted by Crippen LogP contribution is -2.28. The van der Waals surface area contributed by atoms with Gasteiger partial charge in [-0.2, -0.15) is 0 Å². The molecule has 98 valence electrons. The molecule has 18 heavy (non-hydrogen) atoms. The van der Waals surface area contributed by atoms with Crippen molar-refractivity contribution in [2.45, 2.75) is 12.8 Å². The van der Waals surface area contributed by atoms with Crippen LogP contribution in [0.1, 0.15) is 12.8 Å². The topological polar surface area (TPSA) is 73.6 Å². The number of nitrogens with one attached hydrogen (secondary N) is 1. The Labute approximate surface area is 106 Å². The highest BCUT2D eigenvalue weighted by atomic mass is 16.5. The van der Waals surface area contributed by atoms with Crippen molar-refractivity contribution in [3.63, 3.8) is 0 Å². The number of methoxy groups -OCH3 is 1. The smallest absolute Gasteiger partial charge is 0.227 e. The first-order valence-corrected chi connectivity index (χ1v) is 6.03. The maximum atomic E-state index is 12.1. The second kappa shape index (κ2) is 5.73. The summed E-state index contributed by atoms with van der Waals surface area (Å²) in [6, 6.07) is 5.21. The molecule has 1 aromatic carbocycles. The van der Waals surface area contributed by atoms with Crippen molar-refractivity contribution in [1.29, 1.82) is 0 Å². The number of nitrogens with two attached hydrogens (primary N) is 1. The molecule has 1 aliphatic rings. The van der Waals surface area contributed by atoms with Gasteiger partial charge in [0.1, 0.15) is 5.75 Å². The zero-order valence-electron chi connectivity index (χ0n) is 10.4. The first-order valence-electron chi connectivity index (χ1n) is 6.03. The van der Waals surface area contributed by atoms with Crippen molar-refractivity contribution in [3.8, 4) is 5.75 Å². The summed E-state index contributed by atoms with van der Waals surface area (Å²) in [7, 11) is 1.58. The van der Waals surface area contributed by atoms with Gasteiger partial charge < -0.3 is 20.5 Å². The van der Waals surface area contributed by atoms with Crippen LogP contribution in [0.25, 0.3) is 0 Å². The number of carbonyl (C=O) groups is 1. The molecule has 1 fully saturated rings. The van der Waals surface area contributed by atoms with Gasteiger partial charge in [-0.15, -0.1) is 0 Å². The van der Waals surface area contributed by atoms with Crippen LogP contribution in [0.3, 0.4) is 0 Å². The van der Waals surface area contributed by atoms with Gasteiger partial charge in [0.15, 0.2) is 0 Å². The monoisotopic (exact) mass is 250 g/mol. The average Bonchev–Trinajstić information content (AvgIpc) is 2.42. The lowest BCUT2D eigenvalue weighted by molar-refractivity contribution is -0.122. The van der Waals surface area contributed by atoms with Gasteiger partial charge in [-0.1, -0.05) is 0 Å². The molecule has 1 saturated heterocycles. The van der Waals surface area contributed by atoms with E-state index in [-0.39, 0.29) is 11.8 Å². The quantitative estimate of drug-likeness (QED) is 0.800. The van der Waals surface area contributed by atoms with Crippen LogP contribution in [-0.2, 0) is 9.53 Å². The number of nitrogen functional groups attached to an aromatic ring is 1. The standard InChI is InChI=1S/C13H18N2O3/c1-17-10-2-3-11(14)12(8-10)15-13(16)9-4-6-18-7-5-9/h2-3,8-9H,4-7,14H2,1H3,(H,15,16). The van der Waals surface area contributed by atoms with E-state index in [1.54, 1.807) is 25.3 Å². The zero-order chi connectivity index (χ0) is 13.0. The summed E-state index contributed by atoms with van der Waals surface area (Å²) in [5.41, 5.74) is 6.97. The van der Waals surface area contributed by atoms with Gasteiger partial charge in [0, 0.05) is 25.2 Å². The van der Waals surface area contributed by atoms with Crippen LogP contribution in [0.4, 0.5) is 11.4 Å². The minimum absolute atomic E-state index is 0.00162. The van der Waals surface area contributed by atoms with Crippen molar-refractivity contribution in [2.24, 2.45) is 5.92 Å². The molecular weight excluding hydrogens is 232 g/mol. The van der Waals surface area contributed by atoms with E-state index in [1.165, 1.54) is 0 Å². The second-order valence-electron chi connectivity index (χ2n) is 4.33. The number of hydrogen-bond acceptors (Lipinski definition) is 4. The molecule has 0 radical (unpaired) electrons. The van der Waals surface area contributed by atoms with E-state index in [0.29, 0.717) is 30.3 Å². The van der Waals surface area contributed by atoms with Crippen molar-refractivity contribution < 1.29 is 14.3 Å². The Morgan fingerprint density at radius 1 is 1.44 bits per heavy atom. The predicted octanol–water partition coefficient (Wildman–Crippen LogP) is 1.64. The molecule has 0 spiro atoms. The fourth-order valence-electron chi connectivity index (χ4n) is 1.97. The van der Waals surface area contributed by atoms with Crippen molar-refractivity contribution in [3.05, 3.63) is 18.2 Å². The molecule has 0 saturated carbocycles. The van der Waals surface area contributed by atoms with Crippen molar-refractivity contribution in [2.75, 3.05) is 31.4 Å². The van der Waals surface area contributed by atoms with Gasteiger partial charge in [-0.25, -0.2) is 0 Å². The lowest BCUT2D eigenvalue weighted by Gasteiger charge is -2.21. The van der Waals surface area contributed by atoms with Gasteiger partial charge in [0.25, 0.3) is 0 Å². The van der Waals surface area contributed by atoms with E-state index in [2.05, 4.69) is 5.32 Å². The minimum atomic E-state index is -0.00162. The van der Waals surface area contributed by atoms with E-state index in [0.717, 1.165) is 12.8 Å². The molecule has 2 rings (SSSR count). The Balaban J connectivity index is 2.05. The number of amides is 1. The van der Waals surface area contributed by atoms with Crippen molar-refractivity contribution in [1.82, 2.24) is 0 Å². The summed E-state index contributed by atoms with van der Waals surface area (Å²) in [5.74, 6) is 0.675. The maximum absolute atomic E-state index is 12.1. The minimum Gasteiger partial charge on any atom is -0.497 e. The molecule has 3 N–H and O–H groups in total. The molecule has 0 aliphatic carbocycles. The van der Waals surface area contributed by atoms with E-state index in [1.807, 2.05) is 0 Å². The van der Waals surface area contributed by atoms with Crippen LogP contribution in [0.2, 0.25) is 0 Å². The van der Waals surface area contributed by atoms with E-state index >= 15 is 0 Å². The highest BCUT2D eigenvalue weighted by Gasteiger charge is 2.22. The molecule has 0 bridgehead atoms. The number of carbonyl (C=O) groups excluding carboxylic acids is 1. The number of ether oxygens (including phenoxy) is 2. The Morgan fingerprint density at radius 2 is 2.17 bits per heavy atom. The lowest BCUT2D eigenvalue weighted by atomic mass is 9.99. The highest BCUT2D eigenvalue weighted by molar-refractivity contribution is 5.95. The number of rotatable bonds is 3. The largest absolute Gasteiger partial charge is 0.497 e. The molecule has 1 aromatic rings. The highest BCUT2D eigenvalue weighted by Crippen LogP contribution is 2.26. The van der Waals surface area contributed by atoms with Crippen LogP contribution in [0.15, 0.2) is 18.2 Å². The molecule has 0 unspecified atom stereocenters. The fourth-order valence-corrected chi connectivity index (χ4v) is 1.97. The number of anilines is 2.